The van der Waals surface area contributed by atoms with E-state index in [1.165, 1.54) is 6.07 Å². The van der Waals surface area contributed by atoms with Gasteiger partial charge in [-0.1, -0.05) is 6.07 Å². The van der Waals surface area contributed by atoms with Gasteiger partial charge in [0.2, 0.25) is 0 Å². The molecule has 0 bridgehead atoms. The highest BCUT2D eigenvalue weighted by atomic mass is 19.2. The van der Waals surface area contributed by atoms with E-state index >= 15 is 0 Å². The molecule has 2 rings (SSSR count). The number of carbonyl (C=O) groups is 1. The lowest BCUT2D eigenvalue weighted by Gasteiger charge is -2.37. The van der Waals surface area contributed by atoms with Crippen LogP contribution >= 0.6 is 0 Å². The smallest absolute Gasteiger partial charge is 0.410 e. The van der Waals surface area contributed by atoms with Crippen molar-refractivity contribution in [1.82, 2.24) is 4.90 Å². The van der Waals surface area contributed by atoms with Crippen molar-refractivity contribution in [3.05, 3.63) is 35.4 Å². The molecule has 1 aliphatic heterocycles. The molecule has 2 atom stereocenters. The highest BCUT2D eigenvalue weighted by Crippen LogP contribution is 2.28. The summed E-state index contributed by atoms with van der Waals surface area (Å²) < 4.78 is 31.8. The second-order valence-corrected chi connectivity index (χ2v) is 6.66. The minimum atomic E-state index is -0.904. The average molecular weight is 312 g/mol. The molecular weight excluding hydrogens is 290 g/mol. The highest BCUT2D eigenvalue weighted by Gasteiger charge is 2.32. The van der Waals surface area contributed by atoms with Gasteiger partial charge in [-0.05, 0) is 44.9 Å². The zero-order valence-electron chi connectivity index (χ0n) is 13.1. The van der Waals surface area contributed by atoms with Crippen LogP contribution in [0.3, 0.4) is 0 Å². The predicted octanol–water partition coefficient (Wildman–Crippen LogP) is 3.02. The maximum absolute atomic E-state index is 13.4. The number of hydrogen-bond acceptors (Lipinski definition) is 3. The molecule has 6 heteroatoms. The maximum atomic E-state index is 13.4. The number of nitrogens with zero attached hydrogens (tertiary/aromatic N) is 1. The maximum Gasteiger partial charge on any atom is 0.410 e. The second-order valence-electron chi connectivity index (χ2n) is 6.66. The van der Waals surface area contributed by atoms with Gasteiger partial charge < -0.3 is 15.4 Å². The summed E-state index contributed by atoms with van der Waals surface area (Å²) in [4.78, 5) is 13.7. The molecule has 1 saturated heterocycles. The van der Waals surface area contributed by atoms with E-state index in [9.17, 15) is 13.6 Å². The van der Waals surface area contributed by atoms with Crippen molar-refractivity contribution in [2.75, 3.05) is 13.1 Å². The number of halogens is 2. The molecule has 0 spiro atoms. The summed E-state index contributed by atoms with van der Waals surface area (Å²) >= 11 is 0. The Bertz CT molecular complexity index is 558. The van der Waals surface area contributed by atoms with Crippen molar-refractivity contribution in [2.45, 2.75) is 44.8 Å². The van der Waals surface area contributed by atoms with Gasteiger partial charge in [0.25, 0.3) is 0 Å². The lowest BCUT2D eigenvalue weighted by atomic mass is 9.86. The Kier molecular flexibility index (Phi) is 4.70. The van der Waals surface area contributed by atoms with Crippen LogP contribution in [0.5, 0.6) is 0 Å². The molecule has 2 N–H and O–H groups in total. The summed E-state index contributed by atoms with van der Waals surface area (Å²) in [6.07, 6.45) is 0.176. The Morgan fingerprint density at radius 1 is 1.32 bits per heavy atom. The van der Waals surface area contributed by atoms with E-state index in [4.69, 9.17) is 10.5 Å². The zero-order valence-corrected chi connectivity index (χ0v) is 13.1. The van der Waals surface area contributed by atoms with Crippen LogP contribution in [0.2, 0.25) is 0 Å². The van der Waals surface area contributed by atoms with Gasteiger partial charge in [-0.25, -0.2) is 13.6 Å². The number of piperidine rings is 1. The topological polar surface area (TPSA) is 55.6 Å². The fourth-order valence-corrected chi connectivity index (χ4v) is 2.56. The first-order valence-corrected chi connectivity index (χ1v) is 7.36. The van der Waals surface area contributed by atoms with Crippen LogP contribution in [0.25, 0.3) is 0 Å². The number of rotatable bonds is 1. The monoisotopic (exact) mass is 312 g/mol. The molecule has 1 heterocycles. The van der Waals surface area contributed by atoms with Crippen molar-refractivity contribution in [1.29, 1.82) is 0 Å². The van der Waals surface area contributed by atoms with Crippen LogP contribution in [0.1, 0.15) is 38.7 Å². The summed E-state index contributed by atoms with van der Waals surface area (Å²) in [7, 11) is 0. The lowest BCUT2D eigenvalue weighted by Crippen LogP contribution is -2.49. The first-order valence-electron chi connectivity index (χ1n) is 7.36. The van der Waals surface area contributed by atoms with E-state index in [-0.39, 0.29) is 12.0 Å². The van der Waals surface area contributed by atoms with E-state index in [1.54, 1.807) is 25.7 Å². The third kappa shape index (κ3) is 3.94. The minimum Gasteiger partial charge on any atom is -0.444 e. The van der Waals surface area contributed by atoms with E-state index < -0.39 is 23.3 Å². The van der Waals surface area contributed by atoms with Crippen molar-refractivity contribution < 1.29 is 18.3 Å². The first-order chi connectivity index (χ1) is 10.2. The van der Waals surface area contributed by atoms with Crippen molar-refractivity contribution >= 4 is 6.09 Å². The fourth-order valence-electron chi connectivity index (χ4n) is 2.56. The fraction of sp³-hybridized carbons (Fsp3) is 0.562. The molecule has 1 amide bonds. The Morgan fingerprint density at radius 3 is 2.59 bits per heavy atom. The Hall–Kier alpha value is -1.69. The molecule has 0 unspecified atom stereocenters. The predicted molar refractivity (Wildman–Crippen MR) is 79.5 cm³/mol. The largest absolute Gasteiger partial charge is 0.444 e. The number of carbonyl (C=O) groups excluding carboxylic acids is 1. The Labute approximate surface area is 129 Å². The molecule has 1 aromatic carbocycles. The SMILES string of the molecule is CC(C)(C)OC(=O)N1CC[C@@H](N)[C@H](c2ccc(F)c(F)c2)C1. The molecule has 0 aromatic heterocycles. The molecule has 22 heavy (non-hydrogen) atoms. The van der Waals surface area contributed by atoms with E-state index in [2.05, 4.69) is 0 Å². The van der Waals surface area contributed by atoms with Crippen LogP contribution in [0, 0.1) is 11.6 Å². The molecule has 0 aliphatic carbocycles. The first kappa shape index (κ1) is 16.7. The Balaban J connectivity index is 2.14. The number of nitrogens with two attached hydrogens (primary N) is 1. The van der Waals surface area contributed by atoms with Gasteiger partial charge in [-0.3, -0.25) is 0 Å². The number of ether oxygens (including phenoxy) is 1. The van der Waals surface area contributed by atoms with Gasteiger partial charge in [0.1, 0.15) is 5.60 Å². The summed E-state index contributed by atoms with van der Waals surface area (Å²) in [6.45, 7) is 6.23. The summed E-state index contributed by atoms with van der Waals surface area (Å²) in [5, 5.41) is 0. The van der Waals surface area contributed by atoms with E-state index in [0.29, 0.717) is 25.1 Å². The molecule has 1 aliphatic rings. The van der Waals surface area contributed by atoms with Crippen LogP contribution in [-0.4, -0.2) is 35.7 Å². The number of likely N-dealkylation sites (tertiary alicyclic amines) is 1. The highest BCUT2D eigenvalue weighted by molar-refractivity contribution is 5.68. The van der Waals surface area contributed by atoms with Crippen LogP contribution in [0.15, 0.2) is 18.2 Å². The molecule has 122 valence electrons. The number of amides is 1. The number of benzene rings is 1. The summed E-state index contributed by atoms with van der Waals surface area (Å²) in [5.74, 6) is -2.03. The van der Waals surface area contributed by atoms with Crippen LogP contribution < -0.4 is 5.73 Å². The molecule has 0 saturated carbocycles. The average Bonchev–Trinajstić information content (AvgIpc) is 2.40. The van der Waals surface area contributed by atoms with Crippen LogP contribution in [0.4, 0.5) is 13.6 Å². The number of hydrogen-bond donors (Lipinski definition) is 1. The van der Waals surface area contributed by atoms with Gasteiger partial charge >= 0.3 is 6.09 Å². The normalized spacial score (nSPS) is 22.5. The molecule has 4 nitrogen and oxygen atoms in total. The van der Waals surface area contributed by atoms with Gasteiger partial charge in [0, 0.05) is 25.0 Å². The minimum absolute atomic E-state index is 0.205. The summed E-state index contributed by atoms with van der Waals surface area (Å²) in [6, 6.07) is 3.55. The third-order valence-electron chi connectivity index (χ3n) is 3.69. The molecule has 1 fully saturated rings. The second kappa shape index (κ2) is 6.20. The van der Waals surface area contributed by atoms with Crippen molar-refractivity contribution in [2.24, 2.45) is 5.73 Å². The molecule has 1 aromatic rings. The van der Waals surface area contributed by atoms with Crippen LogP contribution in [-0.2, 0) is 4.74 Å². The van der Waals surface area contributed by atoms with Crippen molar-refractivity contribution in [3.63, 3.8) is 0 Å². The van der Waals surface area contributed by atoms with Gasteiger partial charge in [-0.2, -0.15) is 0 Å². The van der Waals surface area contributed by atoms with Gasteiger partial charge in [-0.15, -0.1) is 0 Å². The van der Waals surface area contributed by atoms with E-state index in [1.807, 2.05) is 0 Å². The van der Waals surface area contributed by atoms with Gasteiger partial charge in [0.15, 0.2) is 11.6 Å². The standard InChI is InChI=1S/C16H22F2N2O2/c1-16(2,3)22-15(21)20-7-6-14(19)11(9-20)10-4-5-12(17)13(18)8-10/h4-5,8,11,14H,6-7,9,19H2,1-3H3/t11-,14+/m0/s1. The third-order valence-corrected chi connectivity index (χ3v) is 3.69. The Morgan fingerprint density at radius 2 is 2.00 bits per heavy atom. The molecular formula is C16H22F2N2O2. The van der Waals surface area contributed by atoms with E-state index in [0.717, 1.165) is 12.1 Å². The van der Waals surface area contributed by atoms with Gasteiger partial charge in [0.05, 0.1) is 0 Å². The zero-order chi connectivity index (χ0) is 16.5. The summed E-state index contributed by atoms with van der Waals surface area (Å²) in [5.41, 5.74) is 6.12. The van der Waals surface area contributed by atoms with Crippen molar-refractivity contribution in [3.8, 4) is 0 Å². The lowest BCUT2D eigenvalue weighted by molar-refractivity contribution is 0.0186. The quantitative estimate of drug-likeness (QED) is 0.867. The molecule has 0 radical (unpaired) electrons.